The Hall–Kier alpha value is -3.39. The van der Waals surface area contributed by atoms with Crippen molar-refractivity contribution in [2.45, 2.75) is 77.4 Å². The van der Waals surface area contributed by atoms with Gasteiger partial charge in [-0.1, -0.05) is 48.9 Å². The number of aromatic amines is 1. The van der Waals surface area contributed by atoms with Crippen LogP contribution in [0.3, 0.4) is 0 Å². The van der Waals surface area contributed by atoms with Gasteiger partial charge < -0.3 is 25.0 Å². The summed E-state index contributed by atoms with van der Waals surface area (Å²) >= 11 is 0. The van der Waals surface area contributed by atoms with Crippen LogP contribution in [0.2, 0.25) is 0 Å². The van der Waals surface area contributed by atoms with Gasteiger partial charge >= 0.3 is 5.97 Å². The molecule has 0 radical (unpaired) electrons. The first-order valence-electron chi connectivity index (χ1n) is 15.3. The number of nitrogens with zero attached hydrogens (tertiary/aromatic N) is 1. The van der Waals surface area contributed by atoms with E-state index in [0.29, 0.717) is 29.9 Å². The van der Waals surface area contributed by atoms with E-state index in [0.717, 1.165) is 55.0 Å². The Bertz CT molecular complexity index is 1470. The van der Waals surface area contributed by atoms with Gasteiger partial charge in [-0.2, -0.15) is 0 Å². The van der Waals surface area contributed by atoms with Crippen molar-refractivity contribution >= 4 is 28.5 Å². The Morgan fingerprint density at radius 3 is 2.74 bits per heavy atom. The van der Waals surface area contributed by atoms with E-state index in [2.05, 4.69) is 41.5 Å². The third-order valence-corrected chi connectivity index (χ3v) is 11.4. The topological polar surface area (TPSA) is 113 Å². The minimum Gasteiger partial charge on any atom is -0.467 e. The molecule has 0 aliphatic heterocycles. The first-order valence-corrected chi connectivity index (χ1v) is 15.3. The number of allylic oxidation sites excluding steroid dienone is 4. The predicted octanol–water partition coefficient (Wildman–Crippen LogP) is 5.23. The molecule has 7 atom stereocenters. The highest BCUT2D eigenvalue weighted by Crippen LogP contribution is 2.66. The lowest BCUT2D eigenvalue weighted by Gasteiger charge is -2.58. The highest BCUT2D eigenvalue weighted by atomic mass is 16.6. The number of oxime groups is 1. The SMILES string of the molecule is COC(=O)C(Cc1c[nH]c2ccccc12)NC(=O)CON=C1C=CC2(C)C(=C1)CCC1C2CCC2(C)C1CCC2(C)O. The maximum absolute atomic E-state index is 12.7. The number of hydrogen-bond donors (Lipinski definition) is 3. The second kappa shape index (κ2) is 10.7. The zero-order valence-electron chi connectivity index (χ0n) is 25.1. The van der Waals surface area contributed by atoms with Gasteiger partial charge in [-0.3, -0.25) is 4.79 Å². The van der Waals surface area contributed by atoms with Crippen LogP contribution in [-0.2, 0) is 25.6 Å². The molecule has 3 fully saturated rings. The van der Waals surface area contributed by atoms with Gasteiger partial charge in [-0.15, -0.1) is 0 Å². The monoisotopic (exact) mass is 573 g/mol. The van der Waals surface area contributed by atoms with Crippen LogP contribution in [0.4, 0.5) is 0 Å². The lowest BCUT2D eigenvalue weighted by molar-refractivity contribution is -0.145. The van der Waals surface area contributed by atoms with Gasteiger partial charge in [0, 0.05) is 28.9 Å². The van der Waals surface area contributed by atoms with Crippen LogP contribution in [0.15, 0.2) is 59.4 Å². The van der Waals surface area contributed by atoms with Gasteiger partial charge in [0.25, 0.3) is 5.91 Å². The van der Waals surface area contributed by atoms with Gasteiger partial charge in [-0.25, -0.2) is 4.79 Å². The average Bonchev–Trinajstić information content (AvgIpc) is 3.49. The third-order valence-electron chi connectivity index (χ3n) is 11.4. The van der Waals surface area contributed by atoms with Crippen molar-refractivity contribution in [3.05, 3.63) is 59.8 Å². The van der Waals surface area contributed by atoms with Crippen LogP contribution in [0, 0.1) is 28.6 Å². The number of fused-ring (bicyclic) bond motifs is 6. The van der Waals surface area contributed by atoms with Gasteiger partial charge in [0.1, 0.15) is 11.8 Å². The number of methoxy groups -OCH3 is 1. The maximum atomic E-state index is 12.7. The molecule has 8 nitrogen and oxygen atoms in total. The number of hydrogen-bond acceptors (Lipinski definition) is 6. The van der Waals surface area contributed by atoms with Gasteiger partial charge in [-0.05, 0) is 92.4 Å². The van der Waals surface area contributed by atoms with Crippen molar-refractivity contribution in [1.29, 1.82) is 0 Å². The molecule has 4 aliphatic carbocycles. The smallest absolute Gasteiger partial charge is 0.328 e. The Kier molecular flexibility index (Phi) is 7.32. The second-order valence-electron chi connectivity index (χ2n) is 13.5. The number of para-hydroxylation sites is 1. The van der Waals surface area contributed by atoms with Gasteiger partial charge in [0.15, 0.2) is 6.61 Å². The fourth-order valence-electron chi connectivity index (χ4n) is 8.77. The summed E-state index contributed by atoms with van der Waals surface area (Å²) in [7, 11) is 1.31. The van der Waals surface area contributed by atoms with E-state index in [1.807, 2.05) is 43.5 Å². The number of esters is 1. The van der Waals surface area contributed by atoms with Crippen LogP contribution in [0.1, 0.15) is 64.9 Å². The minimum atomic E-state index is -0.841. The normalized spacial score (nSPS) is 35.1. The summed E-state index contributed by atoms with van der Waals surface area (Å²) in [5, 5.41) is 19.2. The van der Waals surface area contributed by atoms with E-state index in [4.69, 9.17) is 9.57 Å². The van der Waals surface area contributed by atoms with E-state index >= 15 is 0 Å². The lowest BCUT2D eigenvalue weighted by Crippen LogP contribution is -2.53. The van der Waals surface area contributed by atoms with E-state index in [1.165, 1.54) is 12.7 Å². The van der Waals surface area contributed by atoms with Crippen molar-refractivity contribution in [2.24, 2.45) is 33.7 Å². The van der Waals surface area contributed by atoms with Crippen LogP contribution in [-0.4, -0.2) is 53.0 Å². The number of benzene rings is 1. The first kappa shape index (κ1) is 28.7. The van der Waals surface area contributed by atoms with Crippen LogP contribution >= 0.6 is 0 Å². The fraction of sp³-hybridized carbons (Fsp3) is 0.559. The lowest BCUT2D eigenvalue weighted by atomic mass is 9.47. The number of nitrogens with one attached hydrogen (secondary N) is 2. The molecule has 3 saturated carbocycles. The molecule has 4 aliphatic rings. The molecule has 1 aromatic carbocycles. The number of aromatic nitrogens is 1. The Morgan fingerprint density at radius 2 is 1.93 bits per heavy atom. The molecule has 224 valence electrons. The molecule has 6 rings (SSSR count). The molecule has 0 spiro atoms. The molecule has 1 aromatic heterocycles. The van der Waals surface area contributed by atoms with Crippen LogP contribution < -0.4 is 5.32 Å². The van der Waals surface area contributed by atoms with E-state index < -0.39 is 23.5 Å². The van der Waals surface area contributed by atoms with Gasteiger partial charge in [0.05, 0.1) is 12.7 Å². The highest BCUT2D eigenvalue weighted by Gasteiger charge is 2.62. The zero-order chi connectivity index (χ0) is 29.7. The molecule has 7 unspecified atom stereocenters. The maximum Gasteiger partial charge on any atom is 0.328 e. The molecule has 0 bridgehead atoms. The minimum absolute atomic E-state index is 0.00739. The van der Waals surface area contributed by atoms with E-state index in [1.54, 1.807) is 0 Å². The molecule has 2 aromatic rings. The van der Waals surface area contributed by atoms with Crippen molar-refractivity contribution in [3.63, 3.8) is 0 Å². The quantitative estimate of drug-likeness (QED) is 0.310. The molecule has 1 amide bonds. The van der Waals surface area contributed by atoms with E-state index in [-0.39, 0.29) is 17.4 Å². The van der Waals surface area contributed by atoms with Crippen molar-refractivity contribution < 1.29 is 24.3 Å². The first-order chi connectivity index (χ1) is 20.1. The van der Waals surface area contributed by atoms with Gasteiger partial charge in [0.2, 0.25) is 0 Å². The molecule has 3 N–H and O–H groups in total. The number of ether oxygens (including phenoxy) is 1. The van der Waals surface area contributed by atoms with Crippen LogP contribution in [0.25, 0.3) is 10.9 Å². The molecule has 0 saturated heterocycles. The van der Waals surface area contributed by atoms with E-state index in [9.17, 15) is 14.7 Å². The zero-order valence-corrected chi connectivity index (χ0v) is 25.1. The molecular formula is C34H43N3O5. The standard InChI is InChI=1S/C34H43N3O5/c1-32-14-11-23(18-22(32)9-10-25-26(32)12-15-33(2)27(25)13-16-34(33,3)40)37-42-20-30(38)36-29(31(39)41-4)17-21-19-35-28-8-6-5-7-24(21)28/h5-8,11,14,18-19,25-27,29,35,40H,9-10,12-13,15-17,20H2,1-4H3,(H,36,38). The predicted molar refractivity (Wildman–Crippen MR) is 162 cm³/mol. The summed E-state index contributed by atoms with van der Waals surface area (Å²) in [6.07, 6.45) is 14.9. The summed E-state index contributed by atoms with van der Waals surface area (Å²) in [5.74, 6) is 0.792. The fourth-order valence-corrected chi connectivity index (χ4v) is 8.77. The van der Waals surface area contributed by atoms with Crippen molar-refractivity contribution in [3.8, 4) is 0 Å². The van der Waals surface area contributed by atoms with Crippen LogP contribution in [0.5, 0.6) is 0 Å². The Labute approximate surface area is 247 Å². The Morgan fingerprint density at radius 1 is 1.14 bits per heavy atom. The van der Waals surface area contributed by atoms with Crippen molar-refractivity contribution in [1.82, 2.24) is 10.3 Å². The molecule has 8 heteroatoms. The summed E-state index contributed by atoms with van der Waals surface area (Å²) in [4.78, 5) is 33.9. The summed E-state index contributed by atoms with van der Waals surface area (Å²) in [6.45, 7) is 6.42. The number of amides is 1. The average molecular weight is 574 g/mol. The number of carbonyl (C=O) groups is 2. The Balaban J connectivity index is 1.08. The number of H-pyrrole nitrogens is 1. The molecule has 1 heterocycles. The number of rotatable bonds is 7. The second-order valence-corrected chi connectivity index (χ2v) is 13.5. The molecular weight excluding hydrogens is 530 g/mol. The summed E-state index contributed by atoms with van der Waals surface area (Å²) in [5.41, 5.74) is 3.37. The summed E-state index contributed by atoms with van der Waals surface area (Å²) in [6, 6.07) is 6.98. The largest absolute Gasteiger partial charge is 0.467 e. The highest BCUT2D eigenvalue weighted by molar-refractivity contribution is 6.05. The van der Waals surface area contributed by atoms with Crippen molar-refractivity contribution in [2.75, 3.05) is 13.7 Å². The number of aliphatic hydroxyl groups is 1. The third kappa shape index (κ3) is 4.77. The molecule has 42 heavy (non-hydrogen) atoms. The summed E-state index contributed by atoms with van der Waals surface area (Å²) < 4.78 is 4.95. The number of carbonyl (C=O) groups excluding carboxylic acids is 2.